The molecule has 0 radical (unpaired) electrons. The van der Waals surface area contributed by atoms with Gasteiger partial charge in [-0.3, -0.25) is 0 Å². The molecule has 0 aliphatic rings. The Bertz CT molecular complexity index is 236. The number of likely N-dealkylation sites (N-methyl/N-ethyl adjacent to an activating group) is 1. The van der Waals surface area contributed by atoms with Crippen molar-refractivity contribution in [1.29, 1.82) is 0 Å². The van der Waals surface area contributed by atoms with Crippen molar-refractivity contribution < 1.29 is 4.74 Å². The third-order valence-electron chi connectivity index (χ3n) is 1.52. The molecule has 0 aliphatic heterocycles. The molecule has 13 heavy (non-hydrogen) atoms. The van der Waals surface area contributed by atoms with Crippen LogP contribution in [0.2, 0.25) is 0 Å². The molecule has 1 aromatic rings. The Balaban J connectivity index is 2.40. The number of anilines is 1. The van der Waals surface area contributed by atoms with E-state index in [9.17, 15) is 0 Å². The zero-order chi connectivity index (χ0) is 9.52. The van der Waals surface area contributed by atoms with Crippen molar-refractivity contribution in [3.8, 4) is 5.75 Å². The van der Waals surface area contributed by atoms with Gasteiger partial charge in [-0.2, -0.15) is 0 Å². The maximum atomic E-state index is 4.93. The number of methoxy groups -OCH3 is 1. The van der Waals surface area contributed by atoms with Crippen LogP contribution in [0.4, 0.5) is 5.95 Å². The van der Waals surface area contributed by atoms with Crippen LogP contribution in [0, 0.1) is 0 Å². The number of nitrogens with one attached hydrogen (secondary N) is 2. The van der Waals surface area contributed by atoms with E-state index >= 15 is 0 Å². The lowest BCUT2D eigenvalue weighted by Crippen LogP contribution is -2.18. The summed E-state index contributed by atoms with van der Waals surface area (Å²) in [5.41, 5.74) is 0. The summed E-state index contributed by atoms with van der Waals surface area (Å²) in [5, 5.41) is 6.07. The minimum Gasteiger partial charge on any atom is -0.494 e. The molecule has 1 heterocycles. The van der Waals surface area contributed by atoms with Crippen LogP contribution in [0.5, 0.6) is 5.75 Å². The van der Waals surface area contributed by atoms with E-state index in [1.54, 1.807) is 19.5 Å². The van der Waals surface area contributed by atoms with Gasteiger partial charge in [-0.05, 0) is 7.05 Å². The topological polar surface area (TPSA) is 59.1 Å². The van der Waals surface area contributed by atoms with Gasteiger partial charge in [0.15, 0.2) is 5.75 Å². The highest BCUT2D eigenvalue weighted by Gasteiger charge is 1.94. The molecule has 0 spiro atoms. The minimum absolute atomic E-state index is 0.621. The van der Waals surface area contributed by atoms with Gasteiger partial charge >= 0.3 is 0 Å². The summed E-state index contributed by atoms with van der Waals surface area (Å²) in [6.07, 6.45) is 3.27. The Morgan fingerprint density at radius 2 is 2.00 bits per heavy atom. The van der Waals surface area contributed by atoms with Gasteiger partial charge in [-0.25, -0.2) is 9.97 Å². The van der Waals surface area contributed by atoms with Crippen LogP contribution in [0.15, 0.2) is 12.4 Å². The number of ether oxygens (including phenoxy) is 1. The summed E-state index contributed by atoms with van der Waals surface area (Å²) in [5.74, 6) is 1.29. The lowest BCUT2D eigenvalue weighted by atomic mass is 10.6. The number of nitrogens with zero attached hydrogens (tertiary/aromatic N) is 2. The van der Waals surface area contributed by atoms with Gasteiger partial charge in [0.2, 0.25) is 5.95 Å². The number of rotatable bonds is 5. The molecule has 0 bridgehead atoms. The van der Waals surface area contributed by atoms with Crippen molar-refractivity contribution in [2.24, 2.45) is 0 Å². The van der Waals surface area contributed by atoms with Crippen LogP contribution in [0.3, 0.4) is 0 Å². The van der Waals surface area contributed by atoms with E-state index in [4.69, 9.17) is 4.74 Å². The molecule has 0 unspecified atom stereocenters. The van der Waals surface area contributed by atoms with Gasteiger partial charge in [0.05, 0.1) is 19.5 Å². The van der Waals surface area contributed by atoms with E-state index in [0.29, 0.717) is 11.7 Å². The van der Waals surface area contributed by atoms with Crippen molar-refractivity contribution in [1.82, 2.24) is 15.3 Å². The molecular weight excluding hydrogens is 168 g/mol. The molecule has 5 nitrogen and oxygen atoms in total. The fraction of sp³-hybridized carbons (Fsp3) is 0.500. The number of hydrogen-bond donors (Lipinski definition) is 2. The van der Waals surface area contributed by atoms with Gasteiger partial charge in [0.1, 0.15) is 0 Å². The molecular formula is C8H14N4O. The molecule has 5 heteroatoms. The van der Waals surface area contributed by atoms with Gasteiger partial charge in [0, 0.05) is 13.1 Å². The average Bonchev–Trinajstić information content (AvgIpc) is 2.19. The first-order chi connectivity index (χ1) is 6.36. The first kappa shape index (κ1) is 9.73. The Morgan fingerprint density at radius 3 is 2.54 bits per heavy atom. The molecule has 0 saturated heterocycles. The predicted molar refractivity (Wildman–Crippen MR) is 51.0 cm³/mol. The molecule has 0 saturated carbocycles. The first-order valence-corrected chi connectivity index (χ1v) is 4.11. The van der Waals surface area contributed by atoms with Gasteiger partial charge in [-0.1, -0.05) is 0 Å². The Morgan fingerprint density at radius 1 is 1.31 bits per heavy atom. The fourth-order valence-corrected chi connectivity index (χ4v) is 0.812. The molecule has 2 N–H and O–H groups in total. The van der Waals surface area contributed by atoms with Gasteiger partial charge in [-0.15, -0.1) is 0 Å². The maximum Gasteiger partial charge on any atom is 0.222 e. The average molecular weight is 182 g/mol. The molecule has 0 atom stereocenters. The second-order valence-electron chi connectivity index (χ2n) is 2.48. The van der Waals surface area contributed by atoms with Crippen molar-refractivity contribution in [2.45, 2.75) is 0 Å². The Kier molecular flexibility index (Phi) is 3.98. The number of hydrogen-bond acceptors (Lipinski definition) is 5. The summed E-state index contributed by atoms with van der Waals surface area (Å²) >= 11 is 0. The summed E-state index contributed by atoms with van der Waals surface area (Å²) in [4.78, 5) is 8.09. The lowest BCUT2D eigenvalue weighted by molar-refractivity contribution is 0.411. The van der Waals surface area contributed by atoms with E-state index in [2.05, 4.69) is 20.6 Å². The second kappa shape index (κ2) is 5.31. The van der Waals surface area contributed by atoms with Crippen LogP contribution in [-0.2, 0) is 0 Å². The predicted octanol–water partition coefficient (Wildman–Crippen LogP) is 0.116. The van der Waals surface area contributed by atoms with Gasteiger partial charge < -0.3 is 15.4 Å². The summed E-state index contributed by atoms with van der Waals surface area (Å²) in [6.45, 7) is 1.69. The zero-order valence-electron chi connectivity index (χ0n) is 7.87. The minimum atomic E-state index is 0.621. The van der Waals surface area contributed by atoms with Crippen LogP contribution in [-0.4, -0.2) is 37.2 Å². The highest BCUT2D eigenvalue weighted by Crippen LogP contribution is 2.06. The van der Waals surface area contributed by atoms with Crippen molar-refractivity contribution >= 4 is 5.95 Å². The first-order valence-electron chi connectivity index (χ1n) is 4.11. The van der Waals surface area contributed by atoms with Crippen LogP contribution in [0.1, 0.15) is 0 Å². The van der Waals surface area contributed by atoms with E-state index in [0.717, 1.165) is 13.1 Å². The van der Waals surface area contributed by atoms with E-state index in [-0.39, 0.29) is 0 Å². The highest BCUT2D eigenvalue weighted by atomic mass is 16.5. The Hall–Kier alpha value is -1.36. The zero-order valence-corrected chi connectivity index (χ0v) is 7.87. The van der Waals surface area contributed by atoms with Crippen LogP contribution >= 0.6 is 0 Å². The molecule has 0 fully saturated rings. The summed E-state index contributed by atoms with van der Waals surface area (Å²) in [6, 6.07) is 0. The molecule has 1 aromatic heterocycles. The maximum absolute atomic E-state index is 4.93. The lowest BCUT2D eigenvalue weighted by Gasteiger charge is -2.03. The Labute approximate surface area is 77.5 Å². The molecule has 0 amide bonds. The SMILES string of the molecule is CNCCNc1ncc(OC)cn1. The number of aromatic nitrogens is 2. The standard InChI is InChI=1S/C8H14N4O/c1-9-3-4-10-8-11-5-7(13-2)6-12-8/h5-6,9H,3-4H2,1-2H3,(H,10,11,12). The summed E-state index contributed by atoms with van der Waals surface area (Å²) in [7, 11) is 3.49. The smallest absolute Gasteiger partial charge is 0.222 e. The quantitative estimate of drug-likeness (QED) is 0.633. The van der Waals surface area contributed by atoms with Gasteiger partial charge in [0.25, 0.3) is 0 Å². The van der Waals surface area contributed by atoms with E-state index in [1.165, 1.54) is 0 Å². The van der Waals surface area contributed by atoms with E-state index in [1.807, 2.05) is 7.05 Å². The molecule has 0 aromatic carbocycles. The van der Waals surface area contributed by atoms with Crippen LogP contribution in [0.25, 0.3) is 0 Å². The van der Waals surface area contributed by atoms with E-state index < -0.39 is 0 Å². The molecule has 1 rings (SSSR count). The fourth-order valence-electron chi connectivity index (χ4n) is 0.812. The van der Waals surface area contributed by atoms with Crippen molar-refractivity contribution in [2.75, 3.05) is 32.6 Å². The molecule has 0 aliphatic carbocycles. The van der Waals surface area contributed by atoms with Crippen molar-refractivity contribution in [3.05, 3.63) is 12.4 Å². The monoisotopic (exact) mass is 182 g/mol. The van der Waals surface area contributed by atoms with Crippen molar-refractivity contribution in [3.63, 3.8) is 0 Å². The third kappa shape index (κ3) is 3.25. The largest absolute Gasteiger partial charge is 0.494 e. The highest BCUT2D eigenvalue weighted by molar-refractivity contribution is 5.26. The summed E-state index contributed by atoms with van der Waals surface area (Å²) < 4.78 is 4.93. The molecule has 72 valence electrons. The van der Waals surface area contributed by atoms with Crippen LogP contribution < -0.4 is 15.4 Å². The third-order valence-corrected chi connectivity index (χ3v) is 1.52. The second-order valence-corrected chi connectivity index (χ2v) is 2.48. The normalized spacial score (nSPS) is 9.69.